The number of nitrogens with one attached hydrogen (secondary N) is 1. The van der Waals surface area contributed by atoms with Gasteiger partial charge in [-0.15, -0.1) is 0 Å². The van der Waals surface area contributed by atoms with Crippen LogP contribution in [0.1, 0.15) is 29.5 Å². The summed E-state index contributed by atoms with van der Waals surface area (Å²) < 4.78 is 27.5. The lowest BCUT2D eigenvalue weighted by molar-refractivity contribution is -0.385. The van der Waals surface area contributed by atoms with E-state index in [2.05, 4.69) is 33.9 Å². The lowest BCUT2D eigenvalue weighted by atomic mass is 10.00. The van der Waals surface area contributed by atoms with Gasteiger partial charge in [-0.1, -0.05) is 30.3 Å². The Morgan fingerprint density at radius 3 is 2.64 bits per heavy atom. The number of non-ortho nitro benzene ring substituents is 1. The molecule has 7 nitrogen and oxygen atoms in total. The number of fused-ring (bicyclic) bond motifs is 1. The number of hydrogen-bond donors (Lipinski definition) is 1. The molecule has 0 aliphatic carbocycles. The second-order valence-electron chi connectivity index (χ2n) is 7.11. The molecule has 0 unspecified atom stereocenters. The predicted molar refractivity (Wildman–Crippen MR) is 108 cm³/mol. The monoisotopic (exact) mass is 403 g/mol. The van der Waals surface area contributed by atoms with Gasteiger partial charge in [-0.25, -0.2) is 13.1 Å². The zero-order valence-electron chi connectivity index (χ0n) is 15.9. The summed E-state index contributed by atoms with van der Waals surface area (Å²) in [5.41, 5.74) is 3.05. The molecule has 150 valence electrons. The van der Waals surface area contributed by atoms with Gasteiger partial charge in [0.05, 0.1) is 9.82 Å². The van der Waals surface area contributed by atoms with E-state index >= 15 is 0 Å². The molecule has 2 aromatic carbocycles. The maximum Gasteiger partial charge on any atom is 0.270 e. The summed E-state index contributed by atoms with van der Waals surface area (Å²) in [5, 5.41) is 10.9. The SMILES string of the molecule is Cc1ccc([N+](=O)[O-])cc1S(=O)(=O)NCCCCN1CCc2ccccc2C1. The highest BCUT2D eigenvalue weighted by atomic mass is 32.2. The number of rotatable bonds is 8. The molecule has 0 radical (unpaired) electrons. The summed E-state index contributed by atoms with van der Waals surface area (Å²) in [4.78, 5) is 12.7. The summed E-state index contributed by atoms with van der Waals surface area (Å²) >= 11 is 0. The van der Waals surface area contributed by atoms with Gasteiger partial charge in [-0.3, -0.25) is 15.0 Å². The number of unbranched alkanes of at least 4 members (excludes halogenated alkanes) is 1. The molecule has 0 saturated heterocycles. The smallest absolute Gasteiger partial charge is 0.270 e. The first-order valence-electron chi connectivity index (χ1n) is 9.41. The van der Waals surface area contributed by atoms with Crippen molar-refractivity contribution in [2.75, 3.05) is 19.6 Å². The van der Waals surface area contributed by atoms with Crippen molar-refractivity contribution in [3.63, 3.8) is 0 Å². The van der Waals surface area contributed by atoms with E-state index in [1.807, 2.05) is 0 Å². The molecule has 1 aliphatic rings. The Hall–Kier alpha value is -2.29. The summed E-state index contributed by atoms with van der Waals surface area (Å²) in [6.07, 6.45) is 2.65. The van der Waals surface area contributed by atoms with E-state index in [1.165, 1.54) is 23.3 Å². The van der Waals surface area contributed by atoms with Gasteiger partial charge in [0.1, 0.15) is 0 Å². The van der Waals surface area contributed by atoms with Crippen LogP contribution in [0.25, 0.3) is 0 Å². The van der Waals surface area contributed by atoms with Gasteiger partial charge in [0.25, 0.3) is 5.69 Å². The van der Waals surface area contributed by atoms with Gasteiger partial charge in [0.2, 0.25) is 10.0 Å². The van der Waals surface area contributed by atoms with E-state index in [4.69, 9.17) is 0 Å². The van der Waals surface area contributed by atoms with E-state index < -0.39 is 14.9 Å². The van der Waals surface area contributed by atoms with Crippen molar-refractivity contribution in [3.8, 4) is 0 Å². The second-order valence-corrected chi connectivity index (χ2v) is 8.84. The van der Waals surface area contributed by atoms with E-state index in [-0.39, 0.29) is 10.6 Å². The zero-order chi connectivity index (χ0) is 20.1. The summed E-state index contributed by atoms with van der Waals surface area (Å²) in [5.74, 6) is 0. The maximum atomic E-state index is 12.5. The zero-order valence-corrected chi connectivity index (χ0v) is 16.7. The largest absolute Gasteiger partial charge is 0.299 e. The van der Waals surface area contributed by atoms with Crippen LogP contribution in [0.4, 0.5) is 5.69 Å². The molecule has 0 amide bonds. The van der Waals surface area contributed by atoms with Gasteiger partial charge in [0, 0.05) is 31.8 Å². The third-order valence-electron chi connectivity index (χ3n) is 5.07. The first-order valence-corrected chi connectivity index (χ1v) is 10.9. The molecule has 0 aromatic heterocycles. The van der Waals surface area contributed by atoms with E-state index in [0.29, 0.717) is 18.5 Å². The maximum absolute atomic E-state index is 12.5. The van der Waals surface area contributed by atoms with Gasteiger partial charge in [-0.2, -0.15) is 0 Å². The number of sulfonamides is 1. The Morgan fingerprint density at radius 1 is 1.14 bits per heavy atom. The highest BCUT2D eigenvalue weighted by Gasteiger charge is 2.20. The van der Waals surface area contributed by atoms with Gasteiger partial charge >= 0.3 is 0 Å². The summed E-state index contributed by atoms with van der Waals surface area (Å²) in [7, 11) is -3.76. The van der Waals surface area contributed by atoms with Gasteiger partial charge in [-0.05, 0) is 49.4 Å². The standard InChI is InChI=1S/C20H25N3O4S/c1-16-8-9-19(23(24)25)14-20(16)28(26,27)21-11-4-5-12-22-13-10-17-6-2-3-7-18(17)15-22/h2-3,6-9,14,21H,4-5,10-13,15H2,1H3. The van der Waals surface area contributed by atoms with Crippen LogP contribution in [-0.4, -0.2) is 37.9 Å². The van der Waals surface area contributed by atoms with Crippen LogP contribution in [0, 0.1) is 17.0 Å². The highest BCUT2D eigenvalue weighted by molar-refractivity contribution is 7.89. The number of nitro benzene ring substituents is 1. The predicted octanol–water partition coefficient (Wildman–Crippen LogP) is 3.02. The third-order valence-corrected chi connectivity index (χ3v) is 6.68. The molecular formula is C20H25N3O4S. The topological polar surface area (TPSA) is 92.5 Å². The molecule has 0 atom stereocenters. The van der Waals surface area contributed by atoms with Crippen LogP contribution in [-0.2, 0) is 23.0 Å². The van der Waals surface area contributed by atoms with Crippen LogP contribution in [0.2, 0.25) is 0 Å². The molecule has 0 fully saturated rings. The van der Waals surface area contributed by atoms with Crippen molar-refractivity contribution < 1.29 is 13.3 Å². The molecule has 8 heteroatoms. The highest BCUT2D eigenvalue weighted by Crippen LogP contribution is 2.22. The molecule has 0 bridgehead atoms. The lowest BCUT2D eigenvalue weighted by Crippen LogP contribution is -2.32. The van der Waals surface area contributed by atoms with E-state index in [0.717, 1.165) is 38.5 Å². The van der Waals surface area contributed by atoms with Gasteiger partial charge in [0.15, 0.2) is 0 Å². The number of benzene rings is 2. The minimum absolute atomic E-state index is 0.0330. The first kappa shape index (κ1) is 20.4. The van der Waals surface area contributed by atoms with Gasteiger partial charge < -0.3 is 0 Å². The molecule has 2 aromatic rings. The molecular weight excluding hydrogens is 378 g/mol. The average molecular weight is 404 g/mol. The van der Waals surface area contributed by atoms with Crippen LogP contribution < -0.4 is 4.72 Å². The molecule has 0 spiro atoms. The van der Waals surface area contributed by atoms with Crippen molar-refractivity contribution in [2.24, 2.45) is 0 Å². The van der Waals surface area contributed by atoms with Crippen LogP contribution in [0.5, 0.6) is 0 Å². The van der Waals surface area contributed by atoms with Crippen LogP contribution >= 0.6 is 0 Å². The molecule has 3 rings (SSSR count). The molecule has 1 aliphatic heterocycles. The molecule has 28 heavy (non-hydrogen) atoms. The van der Waals surface area contributed by atoms with Crippen molar-refractivity contribution in [3.05, 3.63) is 69.3 Å². The normalized spacial score (nSPS) is 14.6. The average Bonchev–Trinajstić information content (AvgIpc) is 2.67. The quantitative estimate of drug-likeness (QED) is 0.415. The van der Waals surface area contributed by atoms with E-state index in [1.54, 1.807) is 6.92 Å². The number of nitro groups is 1. The van der Waals surface area contributed by atoms with Crippen molar-refractivity contribution >= 4 is 15.7 Å². The van der Waals surface area contributed by atoms with Crippen molar-refractivity contribution in [1.82, 2.24) is 9.62 Å². The molecule has 1 heterocycles. The van der Waals surface area contributed by atoms with Crippen molar-refractivity contribution in [1.29, 1.82) is 0 Å². The second kappa shape index (κ2) is 8.81. The fourth-order valence-corrected chi connectivity index (χ4v) is 4.82. The minimum Gasteiger partial charge on any atom is -0.299 e. The fraction of sp³-hybridized carbons (Fsp3) is 0.400. The Labute approximate surface area is 165 Å². The van der Waals surface area contributed by atoms with Crippen LogP contribution in [0.15, 0.2) is 47.4 Å². The Morgan fingerprint density at radius 2 is 1.89 bits per heavy atom. The van der Waals surface area contributed by atoms with Crippen molar-refractivity contribution in [2.45, 2.75) is 37.6 Å². The van der Waals surface area contributed by atoms with E-state index in [9.17, 15) is 18.5 Å². The molecule has 1 N–H and O–H groups in total. The summed E-state index contributed by atoms with van der Waals surface area (Å²) in [6.45, 7) is 4.83. The third kappa shape index (κ3) is 4.95. The number of hydrogen-bond acceptors (Lipinski definition) is 5. The molecule has 0 saturated carbocycles. The lowest BCUT2D eigenvalue weighted by Gasteiger charge is -2.28. The number of aryl methyl sites for hydroxylation is 1. The fourth-order valence-electron chi connectivity index (χ4n) is 3.48. The number of nitrogens with zero attached hydrogens (tertiary/aromatic N) is 2. The Balaban J connectivity index is 1.48. The Kier molecular flexibility index (Phi) is 6.43. The van der Waals surface area contributed by atoms with Crippen LogP contribution in [0.3, 0.4) is 0 Å². The summed E-state index contributed by atoms with van der Waals surface area (Å²) in [6, 6.07) is 12.4. The Bertz CT molecular complexity index is 960. The minimum atomic E-state index is -3.76. The first-order chi connectivity index (χ1) is 13.4.